The van der Waals surface area contributed by atoms with Gasteiger partial charge >= 0.3 is 12.0 Å². The second-order valence-corrected chi connectivity index (χ2v) is 2.05. The summed E-state index contributed by atoms with van der Waals surface area (Å²) in [4.78, 5) is 31.5. The number of hydrogen-bond donors (Lipinski definition) is 3. The molecule has 3 N–H and O–H groups in total. The maximum Gasteiger partial charge on any atom is 0.328 e. The lowest BCUT2D eigenvalue weighted by Crippen LogP contribution is -2.38. The molecule has 14 heavy (non-hydrogen) atoms. The standard InChI is InChI=1S/C8H8N2O4/c1-2-5-9-8(14)10-6(11)3-4-7(12)13/h1,3-4H,5H2,(H,12,13)(H2,9,10,11,14)/b4-3+. The quantitative estimate of drug-likeness (QED) is 0.402. The van der Waals surface area contributed by atoms with Crippen LogP contribution in [-0.4, -0.2) is 29.6 Å². The van der Waals surface area contributed by atoms with E-state index in [-0.39, 0.29) is 6.54 Å². The summed E-state index contributed by atoms with van der Waals surface area (Å²) in [5.74, 6) is 0.0212. The average molecular weight is 196 g/mol. The van der Waals surface area contributed by atoms with Gasteiger partial charge in [0.2, 0.25) is 0 Å². The molecule has 74 valence electrons. The van der Waals surface area contributed by atoms with Gasteiger partial charge in [0.15, 0.2) is 0 Å². The van der Waals surface area contributed by atoms with Gasteiger partial charge in [0, 0.05) is 12.2 Å². The molecular formula is C8H8N2O4. The van der Waals surface area contributed by atoms with Crippen LogP contribution in [0, 0.1) is 12.3 Å². The van der Waals surface area contributed by atoms with Crippen LogP contribution in [0.3, 0.4) is 0 Å². The molecule has 0 spiro atoms. The fourth-order valence-corrected chi connectivity index (χ4v) is 0.476. The zero-order valence-corrected chi connectivity index (χ0v) is 7.11. The number of carbonyl (C=O) groups excluding carboxylic acids is 2. The highest BCUT2D eigenvalue weighted by atomic mass is 16.4. The summed E-state index contributed by atoms with van der Waals surface area (Å²) in [6, 6.07) is -0.775. The number of amides is 3. The first-order valence-electron chi connectivity index (χ1n) is 3.49. The van der Waals surface area contributed by atoms with Crippen LogP contribution < -0.4 is 10.6 Å². The van der Waals surface area contributed by atoms with Crippen molar-refractivity contribution in [1.82, 2.24) is 10.6 Å². The van der Waals surface area contributed by atoms with Crippen molar-refractivity contribution in [3.63, 3.8) is 0 Å². The molecule has 0 heterocycles. The second-order valence-electron chi connectivity index (χ2n) is 2.05. The Labute approximate surface area is 80.0 Å². The highest BCUT2D eigenvalue weighted by Crippen LogP contribution is 1.74. The maximum absolute atomic E-state index is 10.7. The fourth-order valence-electron chi connectivity index (χ4n) is 0.476. The monoisotopic (exact) mass is 196 g/mol. The number of carboxylic acids is 1. The highest BCUT2D eigenvalue weighted by molar-refractivity contribution is 6.02. The number of aliphatic carboxylic acids is 1. The van der Waals surface area contributed by atoms with Gasteiger partial charge in [0.25, 0.3) is 5.91 Å². The Kier molecular flexibility index (Phi) is 5.23. The van der Waals surface area contributed by atoms with Crippen LogP contribution in [0.2, 0.25) is 0 Å². The molecule has 0 bridgehead atoms. The number of carboxylic acid groups (broad SMARTS) is 1. The largest absolute Gasteiger partial charge is 0.478 e. The molecule has 0 radical (unpaired) electrons. The minimum absolute atomic E-state index is 0.0121. The summed E-state index contributed by atoms with van der Waals surface area (Å²) in [6.45, 7) is -0.0121. The predicted molar refractivity (Wildman–Crippen MR) is 47.2 cm³/mol. The van der Waals surface area contributed by atoms with E-state index in [2.05, 4.69) is 11.2 Å². The number of terminal acetylenes is 1. The van der Waals surface area contributed by atoms with Gasteiger partial charge in [0.05, 0.1) is 6.54 Å². The first kappa shape index (κ1) is 11.7. The van der Waals surface area contributed by atoms with Crippen LogP contribution in [0.25, 0.3) is 0 Å². The van der Waals surface area contributed by atoms with Gasteiger partial charge in [-0.1, -0.05) is 5.92 Å². The van der Waals surface area contributed by atoms with Crippen molar-refractivity contribution in [2.24, 2.45) is 0 Å². The van der Waals surface area contributed by atoms with E-state index < -0.39 is 17.9 Å². The van der Waals surface area contributed by atoms with E-state index in [0.29, 0.717) is 6.08 Å². The molecule has 0 aliphatic carbocycles. The number of carbonyl (C=O) groups is 3. The molecule has 0 aliphatic heterocycles. The molecule has 0 aromatic carbocycles. The summed E-state index contributed by atoms with van der Waals surface area (Å²) in [6.07, 6.45) is 6.17. The van der Waals surface area contributed by atoms with Crippen LogP contribution in [0.5, 0.6) is 0 Å². The van der Waals surface area contributed by atoms with Gasteiger partial charge in [0.1, 0.15) is 0 Å². The fraction of sp³-hybridized carbons (Fsp3) is 0.125. The molecule has 0 aliphatic rings. The van der Waals surface area contributed by atoms with Crippen LogP contribution in [0.4, 0.5) is 4.79 Å². The van der Waals surface area contributed by atoms with Crippen molar-refractivity contribution in [2.75, 3.05) is 6.54 Å². The molecule has 6 nitrogen and oxygen atoms in total. The third-order valence-electron chi connectivity index (χ3n) is 0.965. The molecule has 0 aromatic rings. The first-order chi connectivity index (χ1) is 6.56. The molecule has 0 rings (SSSR count). The number of nitrogens with one attached hydrogen (secondary N) is 2. The topological polar surface area (TPSA) is 95.5 Å². The van der Waals surface area contributed by atoms with Crippen molar-refractivity contribution in [2.45, 2.75) is 0 Å². The Hall–Kier alpha value is -2.29. The normalized spacial score (nSPS) is 9.07. The number of rotatable bonds is 3. The van der Waals surface area contributed by atoms with Crippen molar-refractivity contribution in [3.05, 3.63) is 12.2 Å². The summed E-state index contributed by atoms with van der Waals surface area (Å²) < 4.78 is 0. The summed E-state index contributed by atoms with van der Waals surface area (Å²) in [7, 11) is 0. The predicted octanol–water partition coefficient (Wildman–Crippen LogP) is -0.914. The van der Waals surface area contributed by atoms with Crippen molar-refractivity contribution >= 4 is 17.9 Å². The van der Waals surface area contributed by atoms with Crippen LogP contribution >= 0.6 is 0 Å². The van der Waals surface area contributed by atoms with Gasteiger partial charge < -0.3 is 10.4 Å². The smallest absolute Gasteiger partial charge is 0.328 e. The van der Waals surface area contributed by atoms with Gasteiger partial charge in [-0.05, 0) is 0 Å². The molecule has 0 aromatic heterocycles. The minimum atomic E-state index is -1.27. The van der Waals surface area contributed by atoms with Gasteiger partial charge in [-0.2, -0.15) is 0 Å². The maximum atomic E-state index is 10.7. The van der Waals surface area contributed by atoms with Crippen molar-refractivity contribution in [1.29, 1.82) is 0 Å². The lowest BCUT2D eigenvalue weighted by molar-refractivity contribution is -0.131. The van der Waals surface area contributed by atoms with Gasteiger partial charge in [-0.3, -0.25) is 10.1 Å². The molecule has 0 saturated carbocycles. The minimum Gasteiger partial charge on any atom is -0.478 e. The van der Waals surface area contributed by atoms with E-state index in [0.717, 1.165) is 6.08 Å². The van der Waals surface area contributed by atoms with Crippen LogP contribution in [0.1, 0.15) is 0 Å². The Morgan fingerprint density at radius 3 is 2.50 bits per heavy atom. The van der Waals surface area contributed by atoms with E-state index in [4.69, 9.17) is 11.5 Å². The van der Waals surface area contributed by atoms with E-state index >= 15 is 0 Å². The highest BCUT2D eigenvalue weighted by Gasteiger charge is 2.02. The van der Waals surface area contributed by atoms with Crippen molar-refractivity contribution < 1.29 is 19.5 Å². The van der Waals surface area contributed by atoms with Crippen molar-refractivity contribution in [3.8, 4) is 12.3 Å². The SMILES string of the molecule is C#CCNC(=O)NC(=O)/C=C/C(=O)O. The lowest BCUT2D eigenvalue weighted by atomic mass is 10.5. The van der Waals surface area contributed by atoms with Crippen LogP contribution in [0.15, 0.2) is 12.2 Å². The first-order valence-corrected chi connectivity index (χ1v) is 3.49. The Bertz CT molecular complexity index is 314. The summed E-state index contributed by atoms with van der Waals surface area (Å²) in [5, 5.41) is 12.1. The van der Waals surface area contributed by atoms with E-state index in [9.17, 15) is 14.4 Å². The molecule has 0 fully saturated rings. The van der Waals surface area contributed by atoms with E-state index in [1.54, 1.807) is 0 Å². The Balaban J connectivity index is 3.90. The molecule has 0 saturated heterocycles. The molecule has 3 amide bonds. The number of urea groups is 1. The second kappa shape index (κ2) is 6.25. The summed E-state index contributed by atoms with van der Waals surface area (Å²) >= 11 is 0. The molecular weight excluding hydrogens is 188 g/mol. The zero-order valence-electron chi connectivity index (χ0n) is 7.11. The van der Waals surface area contributed by atoms with Gasteiger partial charge in [-0.15, -0.1) is 6.42 Å². The van der Waals surface area contributed by atoms with E-state index in [1.165, 1.54) is 0 Å². The van der Waals surface area contributed by atoms with Crippen LogP contribution in [-0.2, 0) is 9.59 Å². The molecule has 0 atom stereocenters. The average Bonchev–Trinajstić information content (AvgIpc) is 2.11. The summed E-state index contributed by atoms with van der Waals surface area (Å²) in [5.41, 5.74) is 0. The molecule has 0 unspecified atom stereocenters. The zero-order chi connectivity index (χ0) is 11.0. The Morgan fingerprint density at radius 2 is 2.00 bits per heavy atom. The van der Waals surface area contributed by atoms with E-state index in [1.807, 2.05) is 5.32 Å². The number of hydrogen-bond acceptors (Lipinski definition) is 3. The van der Waals surface area contributed by atoms with Gasteiger partial charge in [-0.25, -0.2) is 9.59 Å². The molecule has 6 heteroatoms. The Morgan fingerprint density at radius 1 is 1.36 bits per heavy atom. The lowest BCUT2D eigenvalue weighted by Gasteiger charge is -1.99. The third kappa shape index (κ3) is 6.42. The number of imide groups is 1. The third-order valence-corrected chi connectivity index (χ3v) is 0.965.